The summed E-state index contributed by atoms with van der Waals surface area (Å²) >= 11 is 0. The minimum absolute atomic E-state index is 0.175. The number of carbonyl (C=O) groups excluding carboxylic acids is 3. The standard InChI is InChI=1S/C30H29N3O3/c1-20(2)29(35)31-19-23-7-5-22(6-8-23)9-18-28(34)32-26-14-10-24(11-15-26)25-12-16-27(17-13-25)33-30(36)21(3)4/h5-18H,1,3,19H2,2,4H3,(H,31,35)(H,32,34)(H,33,36)/b18-9+. The van der Waals surface area contributed by atoms with E-state index in [1.54, 1.807) is 19.9 Å². The Morgan fingerprint density at radius 2 is 1.19 bits per heavy atom. The maximum absolute atomic E-state index is 12.3. The lowest BCUT2D eigenvalue weighted by Gasteiger charge is -2.08. The summed E-state index contributed by atoms with van der Waals surface area (Å²) in [7, 11) is 0. The Labute approximate surface area is 211 Å². The van der Waals surface area contributed by atoms with Crippen molar-refractivity contribution in [1.29, 1.82) is 0 Å². The van der Waals surface area contributed by atoms with E-state index in [9.17, 15) is 14.4 Å². The molecule has 0 heterocycles. The number of benzene rings is 3. The molecule has 0 aliphatic carbocycles. The average molecular weight is 480 g/mol. The van der Waals surface area contributed by atoms with Gasteiger partial charge in [-0.05, 0) is 66.4 Å². The smallest absolute Gasteiger partial charge is 0.250 e. The molecule has 3 amide bonds. The van der Waals surface area contributed by atoms with Gasteiger partial charge in [0.05, 0.1) is 0 Å². The first kappa shape index (κ1) is 25.9. The molecule has 36 heavy (non-hydrogen) atoms. The van der Waals surface area contributed by atoms with E-state index in [2.05, 4.69) is 29.1 Å². The van der Waals surface area contributed by atoms with Crippen LogP contribution in [0.5, 0.6) is 0 Å². The number of amides is 3. The SMILES string of the molecule is C=C(C)C(=O)NCc1ccc(/C=C/C(=O)Nc2ccc(-c3ccc(NC(=O)C(=C)C)cc3)cc2)cc1. The zero-order chi connectivity index (χ0) is 26.1. The monoisotopic (exact) mass is 479 g/mol. The van der Waals surface area contributed by atoms with Crippen LogP contribution in [0.25, 0.3) is 17.2 Å². The van der Waals surface area contributed by atoms with Crippen LogP contribution in [0.1, 0.15) is 25.0 Å². The van der Waals surface area contributed by atoms with Gasteiger partial charge in [-0.3, -0.25) is 14.4 Å². The van der Waals surface area contributed by atoms with Crippen molar-refractivity contribution in [2.75, 3.05) is 10.6 Å². The van der Waals surface area contributed by atoms with Crippen LogP contribution >= 0.6 is 0 Å². The van der Waals surface area contributed by atoms with Gasteiger partial charge in [0.2, 0.25) is 11.8 Å². The van der Waals surface area contributed by atoms with Crippen molar-refractivity contribution in [1.82, 2.24) is 5.32 Å². The van der Waals surface area contributed by atoms with E-state index < -0.39 is 0 Å². The minimum Gasteiger partial charge on any atom is -0.348 e. The summed E-state index contributed by atoms with van der Waals surface area (Å²) in [6.45, 7) is 11.0. The van der Waals surface area contributed by atoms with E-state index in [-0.39, 0.29) is 17.7 Å². The molecular weight excluding hydrogens is 450 g/mol. The van der Waals surface area contributed by atoms with E-state index in [1.165, 1.54) is 6.08 Å². The predicted octanol–water partition coefficient (Wildman–Crippen LogP) is 5.71. The van der Waals surface area contributed by atoms with Crippen LogP contribution in [0, 0.1) is 0 Å². The lowest BCUT2D eigenvalue weighted by Crippen LogP contribution is -2.22. The lowest BCUT2D eigenvalue weighted by molar-refractivity contribution is -0.117. The molecule has 6 heteroatoms. The van der Waals surface area contributed by atoms with Crippen molar-refractivity contribution in [3.05, 3.63) is 114 Å². The molecule has 3 rings (SSSR count). The summed E-state index contributed by atoms with van der Waals surface area (Å²) in [6, 6.07) is 22.6. The van der Waals surface area contributed by atoms with E-state index >= 15 is 0 Å². The van der Waals surface area contributed by atoms with E-state index in [0.717, 1.165) is 22.3 Å². The molecule has 3 aromatic carbocycles. The highest BCUT2D eigenvalue weighted by atomic mass is 16.2. The van der Waals surface area contributed by atoms with Gasteiger partial charge in [0.15, 0.2) is 0 Å². The topological polar surface area (TPSA) is 87.3 Å². The summed E-state index contributed by atoms with van der Waals surface area (Å²) in [5, 5.41) is 8.41. The fraction of sp³-hybridized carbons (Fsp3) is 0.100. The summed E-state index contributed by atoms with van der Waals surface area (Å²) in [5.41, 5.74) is 6.11. The number of carbonyl (C=O) groups is 3. The number of anilines is 2. The molecule has 0 atom stereocenters. The molecule has 0 spiro atoms. The molecule has 0 bridgehead atoms. The molecule has 0 saturated heterocycles. The molecule has 0 aliphatic heterocycles. The first-order valence-corrected chi connectivity index (χ1v) is 11.4. The summed E-state index contributed by atoms with van der Waals surface area (Å²) in [5.74, 6) is -0.623. The normalized spacial score (nSPS) is 10.5. The van der Waals surface area contributed by atoms with Gasteiger partial charge >= 0.3 is 0 Å². The Balaban J connectivity index is 1.53. The summed E-state index contributed by atoms with van der Waals surface area (Å²) < 4.78 is 0. The maximum atomic E-state index is 12.3. The number of rotatable bonds is 9. The van der Waals surface area contributed by atoms with Crippen LogP contribution in [0.3, 0.4) is 0 Å². The molecule has 3 N–H and O–H groups in total. The number of hydrogen-bond donors (Lipinski definition) is 3. The fourth-order valence-corrected chi connectivity index (χ4v) is 3.17. The second-order valence-electron chi connectivity index (χ2n) is 8.42. The van der Waals surface area contributed by atoms with Gasteiger partial charge in [0.25, 0.3) is 5.91 Å². The Bertz CT molecular complexity index is 1300. The minimum atomic E-state index is -0.238. The first-order chi connectivity index (χ1) is 17.2. The predicted molar refractivity (Wildman–Crippen MR) is 146 cm³/mol. The molecule has 0 unspecified atom stereocenters. The quantitative estimate of drug-likeness (QED) is 0.344. The highest BCUT2D eigenvalue weighted by Gasteiger charge is 2.05. The first-order valence-electron chi connectivity index (χ1n) is 11.4. The fourth-order valence-electron chi connectivity index (χ4n) is 3.17. The van der Waals surface area contributed by atoms with Gasteiger partial charge in [0, 0.05) is 35.1 Å². The van der Waals surface area contributed by atoms with Crippen molar-refractivity contribution < 1.29 is 14.4 Å². The molecule has 0 radical (unpaired) electrons. The molecular formula is C30H29N3O3. The van der Waals surface area contributed by atoms with Gasteiger partial charge in [-0.25, -0.2) is 0 Å². The number of nitrogens with one attached hydrogen (secondary N) is 3. The molecule has 0 saturated carbocycles. The third-order valence-electron chi connectivity index (χ3n) is 5.26. The highest BCUT2D eigenvalue weighted by molar-refractivity contribution is 6.03. The van der Waals surface area contributed by atoms with Crippen LogP contribution in [-0.2, 0) is 20.9 Å². The van der Waals surface area contributed by atoms with Gasteiger partial charge in [-0.2, -0.15) is 0 Å². The second-order valence-corrected chi connectivity index (χ2v) is 8.42. The average Bonchev–Trinajstić information content (AvgIpc) is 2.87. The van der Waals surface area contributed by atoms with Crippen molar-refractivity contribution in [3.8, 4) is 11.1 Å². The van der Waals surface area contributed by atoms with Crippen molar-refractivity contribution in [3.63, 3.8) is 0 Å². The highest BCUT2D eigenvalue weighted by Crippen LogP contribution is 2.23. The maximum Gasteiger partial charge on any atom is 0.250 e. The van der Waals surface area contributed by atoms with E-state index in [1.807, 2.05) is 72.8 Å². The van der Waals surface area contributed by atoms with Gasteiger partial charge in [-0.1, -0.05) is 61.7 Å². The molecule has 182 valence electrons. The zero-order valence-electron chi connectivity index (χ0n) is 20.4. The van der Waals surface area contributed by atoms with E-state index in [0.29, 0.717) is 29.1 Å². The summed E-state index contributed by atoms with van der Waals surface area (Å²) in [4.78, 5) is 35.6. The lowest BCUT2D eigenvalue weighted by atomic mass is 10.0. The van der Waals surface area contributed by atoms with Gasteiger partial charge < -0.3 is 16.0 Å². The largest absolute Gasteiger partial charge is 0.348 e. The second kappa shape index (κ2) is 12.1. The Kier molecular flexibility index (Phi) is 8.73. The molecule has 3 aromatic rings. The molecule has 0 aromatic heterocycles. The number of hydrogen-bond acceptors (Lipinski definition) is 3. The molecule has 0 aliphatic rings. The zero-order valence-corrected chi connectivity index (χ0v) is 20.4. The van der Waals surface area contributed by atoms with Crippen LogP contribution in [0.4, 0.5) is 11.4 Å². The Morgan fingerprint density at radius 3 is 1.69 bits per heavy atom. The Morgan fingerprint density at radius 1 is 0.694 bits per heavy atom. The van der Waals surface area contributed by atoms with Gasteiger partial charge in [0.1, 0.15) is 0 Å². The van der Waals surface area contributed by atoms with Gasteiger partial charge in [-0.15, -0.1) is 0 Å². The molecule has 0 fully saturated rings. The van der Waals surface area contributed by atoms with Crippen molar-refractivity contribution in [2.24, 2.45) is 0 Å². The third-order valence-corrected chi connectivity index (χ3v) is 5.26. The van der Waals surface area contributed by atoms with Crippen LogP contribution in [0.2, 0.25) is 0 Å². The van der Waals surface area contributed by atoms with Crippen LogP contribution in [0.15, 0.2) is 103 Å². The van der Waals surface area contributed by atoms with Crippen LogP contribution < -0.4 is 16.0 Å². The van der Waals surface area contributed by atoms with Crippen molar-refractivity contribution >= 4 is 35.2 Å². The Hall–Kier alpha value is -4.71. The molecule has 6 nitrogen and oxygen atoms in total. The van der Waals surface area contributed by atoms with E-state index in [4.69, 9.17) is 0 Å². The third kappa shape index (κ3) is 7.67. The van der Waals surface area contributed by atoms with Crippen LogP contribution in [-0.4, -0.2) is 17.7 Å². The summed E-state index contributed by atoms with van der Waals surface area (Å²) in [6.07, 6.45) is 3.21. The van der Waals surface area contributed by atoms with Crippen molar-refractivity contribution in [2.45, 2.75) is 20.4 Å².